The third-order valence-corrected chi connectivity index (χ3v) is 1.65. The topological polar surface area (TPSA) is 37.4 Å². The van der Waals surface area contributed by atoms with E-state index >= 15 is 0 Å². The Hall–Kier alpha value is -0.860. The summed E-state index contributed by atoms with van der Waals surface area (Å²) in [6, 6.07) is 0. The van der Waals surface area contributed by atoms with E-state index in [4.69, 9.17) is 0 Å². The van der Waals surface area contributed by atoms with E-state index < -0.39 is 0 Å². The van der Waals surface area contributed by atoms with Gasteiger partial charge in [-0.05, 0) is 12.8 Å². The van der Waals surface area contributed by atoms with E-state index in [1.807, 2.05) is 20.8 Å². The van der Waals surface area contributed by atoms with Crippen LogP contribution in [-0.4, -0.2) is 29.7 Å². The Bertz CT molecular complexity index is 187. The van der Waals surface area contributed by atoms with Crippen molar-refractivity contribution >= 4 is 11.7 Å². The van der Waals surface area contributed by atoms with Crippen LogP contribution >= 0.6 is 0 Å². The molecular weight excluding hydrogens is 166 g/mol. The number of hydrogen-bond acceptors (Lipinski definition) is 2. The molecule has 0 unspecified atom stereocenters. The Balaban J connectivity index is 4.18. The first-order chi connectivity index (χ1) is 5.97. The summed E-state index contributed by atoms with van der Waals surface area (Å²) in [6.45, 7) is 8.33. The number of ketones is 1. The highest BCUT2D eigenvalue weighted by atomic mass is 16.2. The molecule has 0 N–H and O–H groups in total. The number of rotatable bonds is 5. The lowest BCUT2D eigenvalue weighted by atomic mass is 10.2. The van der Waals surface area contributed by atoms with Gasteiger partial charge >= 0.3 is 0 Å². The Kier molecular flexibility index (Phi) is 5.35. The first-order valence-corrected chi connectivity index (χ1v) is 4.74. The molecule has 0 aliphatic rings. The molecule has 13 heavy (non-hydrogen) atoms. The predicted octanol–water partition coefficient (Wildman–Crippen LogP) is 1.47. The minimum atomic E-state index is 0.0439. The average Bonchev–Trinajstić information content (AvgIpc) is 2.00. The molecule has 0 spiro atoms. The highest BCUT2D eigenvalue weighted by molar-refractivity contribution is 5.84. The zero-order valence-electron chi connectivity index (χ0n) is 8.96. The van der Waals surface area contributed by atoms with Crippen molar-refractivity contribution in [3.05, 3.63) is 0 Å². The number of carbonyl (C=O) groups is 2. The van der Waals surface area contributed by atoms with Gasteiger partial charge in [0.05, 0.1) is 6.54 Å². The minimum absolute atomic E-state index is 0.0439. The van der Waals surface area contributed by atoms with Crippen LogP contribution < -0.4 is 0 Å². The maximum Gasteiger partial charge on any atom is 0.222 e. The van der Waals surface area contributed by atoms with Crippen molar-refractivity contribution < 1.29 is 9.59 Å². The van der Waals surface area contributed by atoms with Gasteiger partial charge in [0.15, 0.2) is 0 Å². The van der Waals surface area contributed by atoms with Crippen LogP contribution in [0.2, 0.25) is 0 Å². The number of carbonyl (C=O) groups excluding carboxylic acids is 2. The van der Waals surface area contributed by atoms with Crippen LogP contribution in [0.15, 0.2) is 0 Å². The van der Waals surface area contributed by atoms with Crippen LogP contribution in [0.25, 0.3) is 0 Å². The highest BCUT2D eigenvalue weighted by Gasteiger charge is 2.14. The van der Waals surface area contributed by atoms with Gasteiger partial charge in [-0.25, -0.2) is 0 Å². The van der Waals surface area contributed by atoms with E-state index in [2.05, 4.69) is 0 Å². The van der Waals surface area contributed by atoms with Gasteiger partial charge in [0, 0.05) is 13.0 Å². The molecule has 0 rings (SSSR count). The minimum Gasteiger partial charge on any atom is -0.335 e. The summed E-state index contributed by atoms with van der Waals surface area (Å²) in [6.07, 6.45) is 0.472. The summed E-state index contributed by atoms with van der Waals surface area (Å²) in [7, 11) is 0. The third-order valence-electron chi connectivity index (χ3n) is 1.65. The Morgan fingerprint density at radius 2 is 1.85 bits per heavy atom. The van der Waals surface area contributed by atoms with Crippen molar-refractivity contribution in [3.63, 3.8) is 0 Å². The van der Waals surface area contributed by atoms with Gasteiger partial charge in [-0.15, -0.1) is 0 Å². The highest BCUT2D eigenvalue weighted by Crippen LogP contribution is 2.01. The molecule has 0 aromatic rings. The fraction of sp³-hybridized carbons (Fsp3) is 0.800. The molecule has 3 heteroatoms. The normalized spacial score (nSPS) is 10.2. The van der Waals surface area contributed by atoms with Gasteiger partial charge in [-0.1, -0.05) is 20.8 Å². The predicted molar refractivity (Wildman–Crippen MR) is 52.4 cm³/mol. The van der Waals surface area contributed by atoms with Gasteiger partial charge in [-0.2, -0.15) is 0 Å². The third kappa shape index (κ3) is 5.39. The van der Waals surface area contributed by atoms with Crippen molar-refractivity contribution in [2.24, 2.45) is 5.92 Å². The molecule has 76 valence electrons. The maximum absolute atomic E-state index is 11.4. The van der Waals surface area contributed by atoms with Gasteiger partial charge in [-0.3, -0.25) is 9.59 Å². The van der Waals surface area contributed by atoms with Gasteiger partial charge in [0.25, 0.3) is 0 Å². The molecule has 0 saturated carbocycles. The standard InChI is InChI=1S/C10H19NO2/c1-5-10(13)11(6-8(2)3)7-9(4)12/h8H,5-7H2,1-4H3. The Labute approximate surface area is 80.1 Å². The van der Waals surface area contributed by atoms with E-state index in [1.165, 1.54) is 6.92 Å². The van der Waals surface area contributed by atoms with Gasteiger partial charge in [0.2, 0.25) is 5.91 Å². The molecule has 0 saturated heterocycles. The lowest BCUT2D eigenvalue weighted by Crippen LogP contribution is -2.37. The molecular formula is C10H19NO2. The second kappa shape index (κ2) is 5.73. The summed E-state index contributed by atoms with van der Waals surface area (Å²) < 4.78 is 0. The van der Waals surface area contributed by atoms with E-state index in [0.29, 0.717) is 18.9 Å². The zero-order chi connectivity index (χ0) is 10.4. The van der Waals surface area contributed by atoms with Crippen LogP contribution in [0.3, 0.4) is 0 Å². The largest absolute Gasteiger partial charge is 0.335 e. The second-order valence-corrected chi connectivity index (χ2v) is 3.72. The molecule has 0 fully saturated rings. The monoisotopic (exact) mass is 185 g/mol. The lowest BCUT2D eigenvalue weighted by molar-refractivity contribution is -0.135. The van der Waals surface area contributed by atoms with Crippen molar-refractivity contribution in [2.75, 3.05) is 13.1 Å². The van der Waals surface area contributed by atoms with Crippen LogP contribution in [0, 0.1) is 5.92 Å². The number of Topliss-reactive ketones (excluding diaryl/α,β-unsaturated/α-hetero) is 1. The number of hydrogen-bond donors (Lipinski definition) is 0. The Morgan fingerprint density at radius 3 is 2.15 bits per heavy atom. The van der Waals surface area contributed by atoms with Crippen molar-refractivity contribution in [1.82, 2.24) is 4.90 Å². The quantitative estimate of drug-likeness (QED) is 0.650. The summed E-state index contributed by atoms with van der Waals surface area (Å²) in [5.41, 5.74) is 0. The zero-order valence-corrected chi connectivity index (χ0v) is 8.96. The van der Waals surface area contributed by atoms with Crippen molar-refractivity contribution in [3.8, 4) is 0 Å². The van der Waals surface area contributed by atoms with Gasteiger partial charge < -0.3 is 4.90 Å². The van der Waals surface area contributed by atoms with Gasteiger partial charge in [0.1, 0.15) is 5.78 Å². The van der Waals surface area contributed by atoms with E-state index in [1.54, 1.807) is 4.90 Å². The molecule has 0 atom stereocenters. The Morgan fingerprint density at radius 1 is 1.31 bits per heavy atom. The molecule has 0 aliphatic heterocycles. The molecule has 0 radical (unpaired) electrons. The SMILES string of the molecule is CCC(=O)N(CC(C)=O)CC(C)C. The summed E-state index contributed by atoms with van der Waals surface area (Å²) in [4.78, 5) is 23.9. The molecule has 0 heterocycles. The first-order valence-electron chi connectivity index (χ1n) is 4.74. The van der Waals surface area contributed by atoms with Crippen LogP contribution in [0.1, 0.15) is 34.1 Å². The molecule has 0 aliphatic carbocycles. The molecule has 3 nitrogen and oxygen atoms in total. The average molecular weight is 185 g/mol. The molecule has 1 amide bonds. The van der Waals surface area contributed by atoms with E-state index in [9.17, 15) is 9.59 Å². The molecule has 0 aromatic carbocycles. The molecule has 0 aromatic heterocycles. The number of amides is 1. The fourth-order valence-corrected chi connectivity index (χ4v) is 1.19. The second-order valence-electron chi connectivity index (χ2n) is 3.72. The van der Waals surface area contributed by atoms with E-state index in [-0.39, 0.29) is 18.2 Å². The van der Waals surface area contributed by atoms with Crippen molar-refractivity contribution in [2.45, 2.75) is 34.1 Å². The smallest absolute Gasteiger partial charge is 0.222 e. The van der Waals surface area contributed by atoms with Crippen LogP contribution in [0.4, 0.5) is 0 Å². The molecule has 0 bridgehead atoms. The fourth-order valence-electron chi connectivity index (χ4n) is 1.19. The first kappa shape index (κ1) is 12.1. The summed E-state index contributed by atoms with van der Waals surface area (Å²) >= 11 is 0. The van der Waals surface area contributed by atoms with Crippen LogP contribution in [0.5, 0.6) is 0 Å². The van der Waals surface area contributed by atoms with Crippen LogP contribution in [-0.2, 0) is 9.59 Å². The van der Waals surface area contributed by atoms with E-state index in [0.717, 1.165) is 0 Å². The van der Waals surface area contributed by atoms with Crippen molar-refractivity contribution in [1.29, 1.82) is 0 Å². The maximum atomic E-state index is 11.4. The number of nitrogens with zero attached hydrogens (tertiary/aromatic N) is 1. The summed E-state index contributed by atoms with van der Waals surface area (Å²) in [5.74, 6) is 0.515. The lowest BCUT2D eigenvalue weighted by Gasteiger charge is -2.22. The summed E-state index contributed by atoms with van der Waals surface area (Å²) in [5, 5.41) is 0.